The molecule has 1 heterocycles. The molecule has 0 unspecified atom stereocenters. The molecule has 1 aliphatic carbocycles. The normalized spacial score (nSPS) is 18.1. The monoisotopic (exact) mass is 261 g/mol. The highest BCUT2D eigenvalue weighted by Crippen LogP contribution is 2.30. The van der Waals surface area contributed by atoms with Crippen LogP contribution in [0.4, 0.5) is 5.13 Å². The molecule has 1 aromatic carbocycles. The van der Waals surface area contributed by atoms with Gasteiger partial charge in [0.05, 0.1) is 15.8 Å². The van der Waals surface area contributed by atoms with Gasteiger partial charge in [-0.25, -0.2) is 4.98 Å². The zero-order chi connectivity index (χ0) is 12.6. The molecule has 3 rings (SSSR count). The van der Waals surface area contributed by atoms with Crippen LogP contribution >= 0.6 is 11.3 Å². The first-order valence-electron chi connectivity index (χ1n) is 6.13. The standard InChI is InChI=1S/C13H15N3OS/c14-13(7-3-4-8-13)11(17)16-12-15-9-5-1-2-6-10(9)18-12/h1-2,5-6H,3-4,7-8,14H2,(H,15,16,17). The zero-order valence-electron chi connectivity index (χ0n) is 9.98. The predicted octanol–water partition coefficient (Wildman–Crippen LogP) is 2.51. The van der Waals surface area contributed by atoms with Crippen LogP contribution in [0.3, 0.4) is 0 Å². The maximum atomic E-state index is 12.1. The van der Waals surface area contributed by atoms with Crippen LogP contribution in [0.15, 0.2) is 24.3 Å². The fraction of sp³-hybridized carbons (Fsp3) is 0.385. The number of nitrogens with one attached hydrogen (secondary N) is 1. The Morgan fingerprint density at radius 3 is 2.78 bits per heavy atom. The van der Waals surface area contributed by atoms with Gasteiger partial charge in [0.1, 0.15) is 0 Å². The first kappa shape index (κ1) is 11.6. The van der Waals surface area contributed by atoms with E-state index in [1.807, 2.05) is 24.3 Å². The van der Waals surface area contributed by atoms with E-state index < -0.39 is 5.54 Å². The number of fused-ring (bicyclic) bond motifs is 1. The van der Waals surface area contributed by atoms with E-state index in [2.05, 4.69) is 10.3 Å². The maximum absolute atomic E-state index is 12.1. The highest BCUT2D eigenvalue weighted by molar-refractivity contribution is 7.22. The lowest BCUT2D eigenvalue weighted by Gasteiger charge is -2.21. The molecular formula is C13H15N3OS. The molecular weight excluding hydrogens is 246 g/mol. The van der Waals surface area contributed by atoms with Gasteiger partial charge in [-0.05, 0) is 25.0 Å². The van der Waals surface area contributed by atoms with Crippen molar-refractivity contribution < 1.29 is 4.79 Å². The van der Waals surface area contributed by atoms with Gasteiger partial charge in [0.25, 0.3) is 0 Å². The number of carbonyl (C=O) groups is 1. The van der Waals surface area contributed by atoms with Crippen molar-refractivity contribution in [3.63, 3.8) is 0 Å². The lowest BCUT2D eigenvalue weighted by atomic mass is 9.98. The molecule has 2 aromatic rings. The van der Waals surface area contributed by atoms with Crippen molar-refractivity contribution in [1.82, 2.24) is 4.98 Å². The minimum atomic E-state index is -0.697. The van der Waals surface area contributed by atoms with E-state index in [1.54, 1.807) is 0 Å². The molecule has 1 aromatic heterocycles. The Bertz CT molecular complexity index is 554. The largest absolute Gasteiger partial charge is 0.317 e. The number of rotatable bonds is 2. The molecule has 0 aliphatic heterocycles. The number of nitrogens with two attached hydrogens (primary N) is 1. The molecule has 0 radical (unpaired) electrons. The van der Waals surface area contributed by atoms with Crippen LogP contribution in [-0.4, -0.2) is 16.4 Å². The second kappa shape index (κ2) is 4.33. The summed E-state index contributed by atoms with van der Waals surface area (Å²) in [6, 6.07) is 7.84. The topological polar surface area (TPSA) is 68.0 Å². The van der Waals surface area contributed by atoms with Crippen LogP contribution < -0.4 is 11.1 Å². The number of hydrogen-bond donors (Lipinski definition) is 2. The molecule has 94 valence electrons. The number of thiazole rings is 1. The second-order valence-corrected chi connectivity index (χ2v) is 5.83. The van der Waals surface area contributed by atoms with Crippen LogP contribution in [0.2, 0.25) is 0 Å². The van der Waals surface area contributed by atoms with Gasteiger partial charge in [0.2, 0.25) is 5.91 Å². The fourth-order valence-corrected chi connectivity index (χ4v) is 3.24. The van der Waals surface area contributed by atoms with Crippen molar-refractivity contribution in [3.8, 4) is 0 Å². The third-order valence-electron chi connectivity index (χ3n) is 3.46. The van der Waals surface area contributed by atoms with E-state index in [1.165, 1.54) is 11.3 Å². The number of para-hydroxylation sites is 1. The predicted molar refractivity (Wildman–Crippen MR) is 73.6 cm³/mol. The number of amides is 1. The quantitative estimate of drug-likeness (QED) is 0.872. The van der Waals surface area contributed by atoms with Gasteiger partial charge in [-0.1, -0.05) is 36.3 Å². The average molecular weight is 261 g/mol. The Kier molecular flexibility index (Phi) is 2.80. The zero-order valence-corrected chi connectivity index (χ0v) is 10.8. The van der Waals surface area contributed by atoms with Crippen LogP contribution in [0, 0.1) is 0 Å². The first-order valence-corrected chi connectivity index (χ1v) is 6.95. The molecule has 1 fully saturated rings. The molecule has 5 heteroatoms. The highest BCUT2D eigenvalue weighted by atomic mass is 32.1. The third kappa shape index (κ3) is 2.00. The van der Waals surface area contributed by atoms with E-state index in [4.69, 9.17) is 5.73 Å². The summed E-state index contributed by atoms with van der Waals surface area (Å²) in [5.41, 5.74) is 6.33. The molecule has 0 spiro atoms. The number of aromatic nitrogens is 1. The number of nitrogens with zero attached hydrogens (tertiary/aromatic N) is 1. The van der Waals surface area contributed by atoms with Gasteiger partial charge in [-0.2, -0.15) is 0 Å². The van der Waals surface area contributed by atoms with Gasteiger partial charge in [0.15, 0.2) is 5.13 Å². The van der Waals surface area contributed by atoms with Gasteiger partial charge in [-0.3, -0.25) is 4.79 Å². The van der Waals surface area contributed by atoms with Crippen molar-refractivity contribution in [2.75, 3.05) is 5.32 Å². The van der Waals surface area contributed by atoms with Gasteiger partial charge >= 0.3 is 0 Å². The number of hydrogen-bond acceptors (Lipinski definition) is 4. The molecule has 4 nitrogen and oxygen atoms in total. The molecule has 0 saturated heterocycles. The van der Waals surface area contributed by atoms with E-state index >= 15 is 0 Å². The first-order chi connectivity index (χ1) is 8.67. The molecule has 1 saturated carbocycles. The van der Waals surface area contributed by atoms with Crippen molar-refractivity contribution in [1.29, 1.82) is 0 Å². The Hall–Kier alpha value is -1.46. The number of anilines is 1. The lowest BCUT2D eigenvalue weighted by molar-refractivity contribution is -0.120. The molecule has 1 aliphatic rings. The Morgan fingerprint density at radius 2 is 2.06 bits per heavy atom. The lowest BCUT2D eigenvalue weighted by Crippen LogP contribution is -2.48. The molecule has 0 atom stereocenters. The molecule has 0 bridgehead atoms. The summed E-state index contributed by atoms with van der Waals surface area (Å²) in [6.45, 7) is 0. The van der Waals surface area contributed by atoms with E-state index in [0.717, 1.165) is 35.9 Å². The molecule has 1 amide bonds. The van der Waals surface area contributed by atoms with Crippen LogP contribution in [0.25, 0.3) is 10.2 Å². The maximum Gasteiger partial charge on any atom is 0.246 e. The number of benzene rings is 1. The molecule has 3 N–H and O–H groups in total. The minimum absolute atomic E-state index is 0.0981. The van der Waals surface area contributed by atoms with Gasteiger partial charge in [-0.15, -0.1) is 0 Å². The summed E-state index contributed by atoms with van der Waals surface area (Å²) in [5, 5.41) is 3.49. The van der Waals surface area contributed by atoms with Crippen molar-refractivity contribution >= 4 is 32.6 Å². The summed E-state index contributed by atoms with van der Waals surface area (Å²) in [6.07, 6.45) is 3.60. The third-order valence-corrected chi connectivity index (χ3v) is 4.41. The summed E-state index contributed by atoms with van der Waals surface area (Å²) >= 11 is 1.48. The SMILES string of the molecule is NC1(C(=O)Nc2nc3ccccc3s2)CCCC1. The summed E-state index contributed by atoms with van der Waals surface area (Å²) < 4.78 is 1.07. The Labute approximate surface area is 109 Å². The Morgan fingerprint density at radius 1 is 1.33 bits per heavy atom. The summed E-state index contributed by atoms with van der Waals surface area (Å²) in [4.78, 5) is 16.5. The second-order valence-electron chi connectivity index (χ2n) is 4.80. The van der Waals surface area contributed by atoms with Gasteiger partial charge in [0, 0.05) is 0 Å². The van der Waals surface area contributed by atoms with Gasteiger partial charge < -0.3 is 11.1 Å². The molecule has 18 heavy (non-hydrogen) atoms. The number of carbonyl (C=O) groups excluding carboxylic acids is 1. The van der Waals surface area contributed by atoms with E-state index in [-0.39, 0.29) is 5.91 Å². The Balaban J connectivity index is 1.81. The smallest absolute Gasteiger partial charge is 0.246 e. The van der Waals surface area contributed by atoms with Crippen molar-refractivity contribution in [3.05, 3.63) is 24.3 Å². The van der Waals surface area contributed by atoms with Crippen LogP contribution in [0.1, 0.15) is 25.7 Å². The highest BCUT2D eigenvalue weighted by Gasteiger charge is 2.37. The van der Waals surface area contributed by atoms with Crippen LogP contribution in [-0.2, 0) is 4.79 Å². The van der Waals surface area contributed by atoms with E-state index in [0.29, 0.717) is 5.13 Å². The van der Waals surface area contributed by atoms with Crippen molar-refractivity contribution in [2.45, 2.75) is 31.2 Å². The van der Waals surface area contributed by atoms with Crippen molar-refractivity contribution in [2.24, 2.45) is 5.73 Å². The summed E-state index contributed by atoms with van der Waals surface area (Å²) in [7, 11) is 0. The summed E-state index contributed by atoms with van der Waals surface area (Å²) in [5.74, 6) is -0.0981. The average Bonchev–Trinajstić information content (AvgIpc) is 2.95. The minimum Gasteiger partial charge on any atom is -0.317 e. The van der Waals surface area contributed by atoms with E-state index in [9.17, 15) is 4.79 Å². The van der Waals surface area contributed by atoms with Crippen LogP contribution in [0.5, 0.6) is 0 Å². The fourth-order valence-electron chi connectivity index (χ4n) is 2.38.